The molecule has 0 fully saturated rings. The number of nitrogens with zero attached hydrogens (tertiary/aromatic N) is 3. The Hall–Kier alpha value is -1.60. The summed E-state index contributed by atoms with van der Waals surface area (Å²) in [5, 5.41) is 13.8. The highest BCUT2D eigenvalue weighted by molar-refractivity contribution is 7.99. The molecule has 5 nitrogen and oxygen atoms in total. The van der Waals surface area contributed by atoms with Gasteiger partial charge in [0.2, 0.25) is 5.91 Å². The van der Waals surface area contributed by atoms with Gasteiger partial charge >= 0.3 is 0 Å². The molecular weight excluding hydrogens is 304 g/mol. The number of thioether (sulfide) groups is 1. The molecule has 2 aromatic heterocycles. The molecule has 21 heavy (non-hydrogen) atoms. The van der Waals surface area contributed by atoms with E-state index in [4.69, 9.17) is 0 Å². The van der Waals surface area contributed by atoms with Crippen LogP contribution in [0.3, 0.4) is 0 Å². The van der Waals surface area contributed by atoms with E-state index in [0.717, 1.165) is 15.9 Å². The van der Waals surface area contributed by atoms with Gasteiger partial charge in [-0.25, -0.2) is 0 Å². The van der Waals surface area contributed by atoms with Crippen molar-refractivity contribution in [3.05, 3.63) is 40.9 Å². The number of thiophene rings is 1. The van der Waals surface area contributed by atoms with Crippen molar-refractivity contribution in [2.45, 2.75) is 31.6 Å². The van der Waals surface area contributed by atoms with Gasteiger partial charge < -0.3 is 9.88 Å². The quantitative estimate of drug-likeness (QED) is 0.629. The molecular formula is C14H18N4OS2. The number of carbonyl (C=O) groups is 1. The average molecular weight is 322 g/mol. The van der Waals surface area contributed by atoms with Crippen LogP contribution in [0.25, 0.3) is 0 Å². The van der Waals surface area contributed by atoms with Crippen LogP contribution in [-0.4, -0.2) is 26.4 Å². The first-order valence-electron chi connectivity index (χ1n) is 6.58. The van der Waals surface area contributed by atoms with E-state index < -0.39 is 0 Å². The van der Waals surface area contributed by atoms with Crippen LogP contribution in [0.1, 0.15) is 23.7 Å². The van der Waals surface area contributed by atoms with Crippen molar-refractivity contribution in [2.24, 2.45) is 0 Å². The molecule has 0 aromatic carbocycles. The van der Waals surface area contributed by atoms with Gasteiger partial charge in [0.05, 0.1) is 11.8 Å². The minimum absolute atomic E-state index is 0.00768. The lowest BCUT2D eigenvalue weighted by molar-refractivity contribution is -0.119. The molecule has 0 saturated carbocycles. The number of aryl methyl sites for hydroxylation is 1. The minimum Gasteiger partial charge on any atom is -0.348 e. The Morgan fingerprint density at radius 1 is 1.62 bits per heavy atom. The normalized spacial score (nSPS) is 12.1. The third kappa shape index (κ3) is 4.18. The highest BCUT2D eigenvalue weighted by atomic mass is 32.2. The molecule has 2 heterocycles. The largest absolute Gasteiger partial charge is 0.348 e. The average Bonchev–Trinajstić information content (AvgIpc) is 3.09. The van der Waals surface area contributed by atoms with Gasteiger partial charge in [-0.2, -0.15) is 0 Å². The van der Waals surface area contributed by atoms with Gasteiger partial charge in [-0.3, -0.25) is 4.79 Å². The Balaban J connectivity index is 1.88. The van der Waals surface area contributed by atoms with Crippen molar-refractivity contribution >= 4 is 29.0 Å². The first-order valence-corrected chi connectivity index (χ1v) is 8.44. The second kappa shape index (κ2) is 7.42. The third-order valence-corrected chi connectivity index (χ3v) is 4.92. The topological polar surface area (TPSA) is 59.8 Å². The summed E-state index contributed by atoms with van der Waals surface area (Å²) in [6.45, 7) is 8.24. The molecule has 7 heteroatoms. The van der Waals surface area contributed by atoms with Crippen molar-refractivity contribution in [1.82, 2.24) is 20.1 Å². The highest BCUT2D eigenvalue weighted by Gasteiger charge is 2.13. The van der Waals surface area contributed by atoms with E-state index in [1.807, 2.05) is 35.9 Å². The molecule has 0 bridgehead atoms. The van der Waals surface area contributed by atoms with Gasteiger partial charge in [0.1, 0.15) is 5.82 Å². The lowest BCUT2D eigenvalue weighted by Gasteiger charge is -2.12. The molecule has 2 rings (SSSR count). The molecule has 1 N–H and O–H groups in total. The number of nitrogens with one attached hydrogen (secondary N) is 1. The summed E-state index contributed by atoms with van der Waals surface area (Å²) in [6.07, 6.45) is 1.79. The Bertz CT molecular complexity index is 607. The van der Waals surface area contributed by atoms with Crippen molar-refractivity contribution in [3.8, 4) is 0 Å². The fourth-order valence-electron chi connectivity index (χ4n) is 1.83. The van der Waals surface area contributed by atoms with Crippen LogP contribution >= 0.6 is 23.1 Å². The zero-order chi connectivity index (χ0) is 15.2. The van der Waals surface area contributed by atoms with Crippen LogP contribution in [0, 0.1) is 6.92 Å². The Morgan fingerprint density at radius 3 is 3.10 bits per heavy atom. The highest BCUT2D eigenvalue weighted by Crippen LogP contribution is 2.20. The first-order chi connectivity index (χ1) is 10.1. The van der Waals surface area contributed by atoms with Crippen molar-refractivity contribution in [2.75, 3.05) is 5.75 Å². The van der Waals surface area contributed by atoms with E-state index in [-0.39, 0.29) is 11.9 Å². The second-order valence-electron chi connectivity index (χ2n) is 4.52. The predicted molar refractivity (Wildman–Crippen MR) is 86.6 cm³/mol. The minimum atomic E-state index is -0.00768. The Labute approximate surface area is 132 Å². The molecule has 1 amide bonds. The molecule has 0 spiro atoms. The molecule has 1 atom stereocenters. The zero-order valence-electron chi connectivity index (χ0n) is 12.1. The summed E-state index contributed by atoms with van der Waals surface area (Å²) in [6, 6.07) is 4.04. The Morgan fingerprint density at radius 2 is 2.43 bits per heavy atom. The third-order valence-electron chi connectivity index (χ3n) is 2.89. The summed E-state index contributed by atoms with van der Waals surface area (Å²) >= 11 is 3.03. The van der Waals surface area contributed by atoms with Gasteiger partial charge in [-0.05, 0) is 25.3 Å². The number of aromatic nitrogens is 3. The predicted octanol–water partition coefficient (Wildman–Crippen LogP) is 2.80. The molecule has 1 unspecified atom stereocenters. The number of carbonyl (C=O) groups excluding carboxylic acids is 1. The lowest BCUT2D eigenvalue weighted by atomic mass is 10.3. The lowest BCUT2D eigenvalue weighted by Crippen LogP contribution is -2.27. The SMILES string of the molecule is C=CCn1c(C)nnc1SCC(=O)NC(C)c1cccs1. The van der Waals surface area contributed by atoms with Crippen LogP contribution in [0.2, 0.25) is 0 Å². The Kier molecular flexibility index (Phi) is 5.58. The summed E-state index contributed by atoms with van der Waals surface area (Å²) in [5.74, 6) is 1.14. The number of allylic oxidation sites excluding steroid dienone is 1. The van der Waals surface area contributed by atoms with Gasteiger partial charge in [-0.15, -0.1) is 28.1 Å². The number of rotatable bonds is 7. The standard InChI is InChI=1S/C14H18N4OS2/c1-4-7-18-11(3)16-17-14(18)21-9-13(19)15-10(2)12-6-5-8-20-12/h4-6,8,10H,1,7,9H2,2-3H3,(H,15,19). The van der Waals surface area contributed by atoms with Crippen molar-refractivity contribution < 1.29 is 4.79 Å². The smallest absolute Gasteiger partial charge is 0.230 e. The fraction of sp³-hybridized carbons (Fsp3) is 0.357. The summed E-state index contributed by atoms with van der Waals surface area (Å²) in [7, 11) is 0. The zero-order valence-corrected chi connectivity index (χ0v) is 13.7. The maximum atomic E-state index is 12.0. The first kappa shape index (κ1) is 15.8. The molecule has 0 aliphatic rings. The van der Waals surface area contributed by atoms with Crippen LogP contribution in [0.5, 0.6) is 0 Å². The van der Waals surface area contributed by atoms with Crippen LogP contribution < -0.4 is 5.32 Å². The van der Waals surface area contributed by atoms with E-state index in [1.165, 1.54) is 11.8 Å². The maximum Gasteiger partial charge on any atom is 0.230 e. The molecule has 112 valence electrons. The fourth-order valence-corrected chi connectivity index (χ4v) is 3.37. The molecule has 0 saturated heterocycles. The summed E-state index contributed by atoms with van der Waals surface area (Å²) in [5.41, 5.74) is 0. The summed E-state index contributed by atoms with van der Waals surface area (Å²) in [4.78, 5) is 13.1. The van der Waals surface area contributed by atoms with Gasteiger partial charge in [0.25, 0.3) is 0 Å². The van der Waals surface area contributed by atoms with E-state index >= 15 is 0 Å². The molecule has 0 aliphatic heterocycles. The maximum absolute atomic E-state index is 12.0. The number of hydrogen-bond donors (Lipinski definition) is 1. The molecule has 0 radical (unpaired) electrons. The number of amides is 1. The number of hydrogen-bond acceptors (Lipinski definition) is 5. The van der Waals surface area contributed by atoms with Crippen molar-refractivity contribution in [3.63, 3.8) is 0 Å². The molecule has 2 aromatic rings. The monoisotopic (exact) mass is 322 g/mol. The summed E-state index contributed by atoms with van der Waals surface area (Å²) < 4.78 is 1.94. The second-order valence-corrected chi connectivity index (χ2v) is 6.44. The van der Waals surface area contributed by atoms with Crippen LogP contribution in [0.4, 0.5) is 0 Å². The van der Waals surface area contributed by atoms with Crippen molar-refractivity contribution in [1.29, 1.82) is 0 Å². The molecule has 0 aliphatic carbocycles. The van der Waals surface area contributed by atoms with E-state index in [2.05, 4.69) is 22.1 Å². The van der Waals surface area contributed by atoms with Crippen LogP contribution in [0.15, 0.2) is 35.3 Å². The van der Waals surface area contributed by atoms with Gasteiger partial charge in [0, 0.05) is 11.4 Å². The van der Waals surface area contributed by atoms with E-state index in [9.17, 15) is 4.79 Å². The van der Waals surface area contributed by atoms with Gasteiger partial charge in [0.15, 0.2) is 5.16 Å². The van der Waals surface area contributed by atoms with E-state index in [0.29, 0.717) is 12.3 Å². The van der Waals surface area contributed by atoms with Crippen LogP contribution in [-0.2, 0) is 11.3 Å². The van der Waals surface area contributed by atoms with E-state index in [1.54, 1.807) is 17.4 Å². The van der Waals surface area contributed by atoms with Gasteiger partial charge in [-0.1, -0.05) is 23.9 Å².